The first-order valence-electron chi connectivity index (χ1n) is 5.76. The minimum Gasteiger partial charge on any atom is -0.491 e. The zero-order chi connectivity index (χ0) is 13.5. The van der Waals surface area contributed by atoms with Crippen LogP contribution in [0.25, 0.3) is 0 Å². The van der Waals surface area contributed by atoms with Crippen LogP contribution < -0.4 is 10.5 Å². The normalized spacial score (nSPS) is 10.1. The SMILES string of the molecule is Nc1ccccc1OCCC(=O)OCc1cncs1. The molecule has 0 fully saturated rings. The third-order valence-corrected chi connectivity index (χ3v) is 3.09. The van der Waals surface area contributed by atoms with Gasteiger partial charge in [-0.25, -0.2) is 0 Å². The van der Waals surface area contributed by atoms with Gasteiger partial charge in [-0.3, -0.25) is 9.78 Å². The summed E-state index contributed by atoms with van der Waals surface area (Å²) in [5, 5.41) is 0. The molecule has 1 aromatic heterocycles. The Morgan fingerprint density at radius 2 is 2.21 bits per heavy atom. The van der Waals surface area contributed by atoms with Gasteiger partial charge in [-0.1, -0.05) is 12.1 Å². The van der Waals surface area contributed by atoms with Crippen molar-refractivity contribution in [1.29, 1.82) is 0 Å². The summed E-state index contributed by atoms with van der Waals surface area (Å²) in [6, 6.07) is 7.16. The summed E-state index contributed by atoms with van der Waals surface area (Å²) in [4.78, 5) is 16.3. The predicted octanol–water partition coefficient (Wildman–Crippen LogP) is 2.24. The van der Waals surface area contributed by atoms with Gasteiger partial charge in [0.25, 0.3) is 0 Å². The predicted molar refractivity (Wildman–Crippen MR) is 72.9 cm³/mol. The highest BCUT2D eigenvalue weighted by Gasteiger charge is 2.06. The van der Waals surface area contributed by atoms with Crippen LogP contribution in [-0.2, 0) is 16.1 Å². The number of esters is 1. The molecule has 2 rings (SSSR count). The van der Waals surface area contributed by atoms with Crippen molar-refractivity contribution in [3.63, 3.8) is 0 Å². The molecule has 1 heterocycles. The number of rotatable bonds is 6. The number of thiazole rings is 1. The number of nitrogens with zero attached hydrogens (tertiary/aromatic N) is 1. The van der Waals surface area contributed by atoms with Gasteiger partial charge in [-0.15, -0.1) is 11.3 Å². The second-order valence-corrected chi connectivity index (χ2v) is 4.74. The third-order valence-electron chi connectivity index (χ3n) is 2.34. The highest BCUT2D eigenvalue weighted by Crippen LogP contribution is 2.19. The van der Waals surface area contributed by atoms with Crippen molar-refractivity contribution >= 4 is 23.0 Å². The molecule has 0 aliphatic heterocycles. The Morgan fingerprint density at radius 1 is 1.37 bits per heavy atom. The van der Waals surface area contributed by atoms with Gasteiger partial charge >= 0.3 is 5.97 Å². The average Bonchev–Trinajstić information content (AvgIpc) is 2.92. The maximum atomic E-state index is 11.5. The molecule has 6 heteroatoms. The number of carbonyl (C=O) groups is 1. The second kappa shape index (κ2) is 6.75. The molecular weight excluding hydrogens is 264 g/mol. The number of nitrogen functional groups attached to an aromatic ring is 1. The molecular formula is C13H14N2O3S. The number of para-hydroxylation sites is 2. The van der Waals surface area contributed by atoms with Crippen LogP contribution in [0.4, 0.5) is 5.69 Å². The Hall–Kier alpha value is -2.08. The van der Waals surface area contributed by atoms with Crippen molar-refractivity contribution < 1.29 is 14.3 Å². The standard InChI is InChI=1S/C13H14N2O3S/c14-11-3-1-2-4-12(11)17-6-5-13(16)18-8-10-7-15-9-19-10/h1-4,7,9H,5-6,8,14H2. The van der Waals surface area contributed by atoms with Crippen molar-refractivity contribution in [3.05, 3.63) is 40.8 Å². The van der Waals surface area contributed by atoms with E-state index in [9.17, 15) is 4.79 Å². The Bertz CT molecular complexity index is 528. The molecule has 0 amide bonds. The van der Waals surface area contributed by atoms with E-state index in [0.29, 0.717) is 11.4 Å². The van der Waals surface area contributed by atoms with E-state index in [-0.39, 0.29) is 25.6 Å². The molecule has 5 nitrogen and oxygen atoms in total. The topological polar surface area (TPSA) is 74.4 Å². The quantitative estimate of drug-likeness (QED) is 0.648. The van der Waals surface area contributed by atoms with Gasteiger partial charge in [0.2, 0.25) is 0 Å². The molecule has 19 heavy (non-hydrogen) atoms. The number of ether oxygens (including phenoxy) is 2. The van der Waals surface area contributed by atoms with Crippen molar-refractivity contribution in [3.8, 4) is 5.75 Å². The molecule has 0 saturated heterocycles. The van der Waals surface area contributed by atoms with Gasteiger partial charge in [0, 0.05) is 6.20 Å². The molecule has 0 aliphatic carbocycles. The molecule has 0 spiro atoms. The lowest BCUT2D eigenvalue weighted by molar-refractivity contribution is -0.145. The van der Waals surface area contributed by atoms with Crippen LogP contribution in [0.1, 0.15) is 11.3 Å². The Labute approximate surface area is 115 Å². The first-order valence-corrected chi connectivity index (χ1v) is 6.64. The van der Waals surface area contributed by atoms with E-state index in [0.717, 1.165) is 4.88 Å². The Kier molecular flexibility index (Phi) is 4.74. The van der Waals surface area contributed by atoms with Gasteiger partial charge in [-0.2, -0.15) is 0 Å². The highest BCUT2D eigenvalue weighted by atomic mass is 32.1. The summed E-state index contributed by atoms with van der Waals surface area (Å²) in [5.74, 6) is 0.278. The van der Waals surface area contributed by atoms with Crippen molar-refractivity contribution in [2.75, 3.05) is 12.3 Å². The zero-order valence-corrected chi connectivity index (χ0v) is 11.1. The van der Waals surface area contributed by atoms with E-state index in [1.807, 2.05) is 12.1 Å². The van der Waals surface area contributed by atoms with Crippen LogP contribution in [0.5, 0.6) is 5.75 Å². The average molecular weight is 278 g/mol. The highest BCUT2D eigenvalue weighted by molar-refractivity contribution is 7.09. The zero-order valence-electron chi connectivity index (χ0n) is 10.2. The van der Waals surface area contributed by atoms with Crippen LogP contribution in [0, 0.1) is 0 Å². The largest absolute Gasteiger partial charge is 0.491 e. The lowest BCUT2D eigenvalue weighted by Gasteiger charge is -2.08. The Morgan fingerprint density at radius 3 is 2.95 bits per heavy atom. The number of hydrogen-bond donors (Lipinski definition) is 1. The summed E-state index contributed by atoms with van der Waals surface area (Å²) < 4.78 is 10.5. The summed E-state index contributed by atoms with van der Waals surface area (Å²) in [7, 11) is 0. The summed E-state index contributed by atoms with van der Waals surface area (Å²) in [6.07, 6.45) is 1.87. The summed E-state index contributed by atoms with van der Waals surface area (Å²) in [6.45, 7) is 0.507. The lowest BCUT2D eigenvalue weighted by atomic mass is 10.3. The fourth-order valence-electron chi connectivity index (χ4n) is 1.39. The van der Waals surface area contributed by atoms with Gasteiger partial charge in [0.05, 0.1) is 29.1 Å². The van der Waals surface area contributed by atoms with Gasteiger partial charge < -0.3 is 15.2 Å². The molecule has 1 aromatic carbocycles. The van der Waals surface area contributed by atoms with Crippen molar-refractivity contribution in [1.82, 2.24) is 4.98 Å². The minimum absolute atomic E-state index is 0.188. The van der Waals surface area contributed by atoms with E-state index >= 15 is 0 Å². The van der Waals surface area contributed by atoms with E-state index < -0.39 is 0 Å². The third kappa shape index (κ3) is 4.26. The van der Waals surface area contributed by atoms with Gasteiger partial charge in [0.15, 0.2) is 0 Å². The molecule has 0 unspecified atom stereocenters. The second-order valence-electron chi connectivity index (χ2n) is 3.76. The number of aromatic nitrogens is 1. The van der Waals surface area contributed by atoms with Crippen LogP contribution in [0.2, 0.25) is 0 Å². The molecule has 2 aromatic rings. The first-order chi connectivity index (χ1) is 9.25. The van der Waals surface area contributed by atoms with E-state index in [1.165, 1.54) is 11.3 Å². The van der Waals surface area contributed by atoms with Crippen LogP contribution in [0.15, 0.2) is 36.0 Å². The van der Waals surface area contributed by atoms with Crippen molar-refractivity contribution in [2.45, 2.75) is 13.0 Å². The number of nitrogens with two attached hydrogens (primary N) is 1. The molecule has 0 radical (unpaired) electrons. The number of hydrogen-bond acceptors (Lipinski definition) is 6. The van der Waals surface area contributed by atoms with Gasteiger partial charge in [-0.05, 0) is 12.1 Å². The van der Waals surface area contributed by atoms with E-state index in [2.05, 4.69) is 4.98 Å². The molecule has 2 N–H and O–H groups in total. The summed E-state index contributed by atoms with van der Waals surface area (Å²) in [5.41, 5.74) is 7.97. The first kappa shape index (κ1) is 13.4. The summed E-state index contributed by atoms with van der Waals surface area (Å²) >= 11 is 1.45. The number of carbonyl (C=O) groups excluding carboxylic acids is 1. The number of benzene rings is 1. The molecule has 0 atom stereocenters. The fraction of sp³-hybridized carbons (Fsp3) is 0.231. The monoisotopic (exact) mass is 278 g/mol. The molecule has 0 bridgehead atoms. The van der Waals surface area contributed by atoms with Crippen LogP contribution in [-0.4, -0.2) is 17.6 Å². The van der Waals surface area contributed by atoms with E-state index in [1.54, 1.807) is 23.8 Å². The fourth-order valence-corrected chi connectivity index (χ4v) is 1.90. The maximum absolute atomic E-state index is 11.5. The van der Waals surface area contributed by atoms with Crippen LogP contribution in [0.3, 0.4) is 0 Å². The minimum atomic E-state index is -0.303. The lowest BCUT2D eigenvalue weighted by Crippen LogP contribution is -2.10. The maximum Gasteiger partial charge on any atom is 0.309 e. The van der Waals surface area contributed by atoms with E-state index in [4.69, 9.17) is 15.2 Å². The number of anilines is 1. The van der Waals surface area contributed by atoms with Crippen LogP contribution >= 0.6 is 11.3 Å². The molecule has 0 aliphatic rings. The molecule has 0 saturated carbocycles. The smallest absolute Gasteiger partial charge is 0.309 e. The van der Waals surface area contributed by atoms with Gasteiger partial charge in [0.1, 0.15) is 12.4 Å². The molecule has 100 valence electrons. The Balaban J connectivity index is 1.68. The van der Waals surface area contributed by atoms with Crippen molar-refractivity contribution in [2.24, 2.45) is 0 Å².